The Morgan fingerprint density at radius 2 is 2.15 bits per heavy atom. The lowest BCUT2D eigenvalue weighted by Gasteiger charge is -2.37. The van der Waals surface area contributed by atoms with Gasteiger partial charge in [-0.1, -0.05) is 12.1 Å². The van der Waals surface area contributed by atoms with Crippen molar-refractivity contribution in [3.05, 3.63) is 45.6 Å². The summed E-state index contributed by atoms with van der Waals surface area (Å²) >= 11 is 1.70. The fraction of sp³-hybridized carbons (Fsp3) is 0.450. The maximum atomic E-state index is 11.6. The normalized spacial score (nSPS) is 19.1. The molecule has 0 saturated carbocycles. The Balaban J connectivity index is 2.06. The molecule has 0 bridgehead atoms. The summed E-state index contributed by atoms with van der Waals surface area (Å²) in [5, 5.41) is 11.6. The Bertz CT molecular complexity index is 773. The van der Waals surface area contributed by atoms with Crippen molar-refractivity contribution < 1.29 is 19.4 Å². The molecule has 6 heteroatoms. The van der Waals surface area contributed by atoms with E-state index in [-0.39, 0.29) is 12.0 Å². The second-order valence-electron chi connectivity index (χ2n) is 6.68. The average molecular weight is 375 g/mol. The molecule has 26 heavy (non-hydrogen) atoms. The quantitative estimate of drug-likeness (QED) is 0.828. The SMILES string of the molecule is COc1cccc(C(c2cc(C)cs2)N2CCCC(C(=O)O)C2)c1OC. The van der Waals surface area contributed by atoms with Gasteiger partial charge >= 0.3 is 5.97 Å². The van der Waals surface area contributed by atoms with Gasteiger partial charge in [-0.05, 0) is 49.4 Å². The monoisotopic (exact) mass is 375 g/mol. The fourth-order valence-corrected chi connectivity index (χ4v) is 4.75. The van der Waals surface area contributed by atoms with Crippen molar-refractivity contribution in [1.82, 2.24) is 4.90 Å². The highest BCUT2D eigenvalue weighted by Gasteiger charge is 2.33. The molecule has 2 heterocycles. The minimum absolute atomic E-state index is 0.0408. The first kappa shape index (κ1) is 18.7. The number of carbonyl (C=O) groups is 1. The minimum Gasteiger partial charge on any atom is -0.493 e. The molecular formula is C20H25NO4S. The number of methoxy groups -OCH3 is 2. The maximum absolute atomic E-state index is 11.6. The van der Waals surface area contributed by atoms with Crippen LogP contribution in [0.1, 0.15) is 34.9 Å². The highest BCUT2D eigenvalue weighted by atomic mass is 32.1. The van der Waals surface area contributed by atoms with Crippen molar-refractivity contribution in [2.45, 2.75) is 25.8 Å². The van der Waals surface area contributed by atoms with Gasteiger partial charge in [0.05, 0.1) is 26.2 Å². The Kier molecular flexibility index (Phi) is 5.84. The van der Waals surface area contributed by atoms with Gasteiger partial charge in [-0.25, -0.2) is 0 Å². The summed E-state index contributed by atoms with van der Waals surface area (Å²) in [5.74, 6) is 0.357. The molecule has 3 rings (SSSR count). The number of hydrogen-bond donors (Lipinski definition) is 1. The van der Waals surface area contributed by atoms with Crippen LogP contribution in [0.3, 0.4) is 0 Å². The van der Waals surface area contributed by atoms with Crippen LogP contribution in [0.5, 0.6) is 11.5 Å². The summed E-state index contributed by atoms with van der Waals surface area (Å²) in [4.78, 5) is 15.0. The Labute approximate surface area is 158 Å². The number of benzene rings is 1. The van der Waals surface area contributed by atoms with Crippen molar-refractivity contribution in [3.8, 4) is 11.5 Å². The van der Waals surface area contributed by atoms with Crippen LogP contribution >= 0.6 is 11.3 Å². The van der Waals surface area contributed by atoms with E-state index >= 15 is 0 Å². The third-order valence-electron chi connectivity index (χ3n) is 4.92. The van der Waals surface area contributed by atoms with Crippen LogP contribution in [0.2, 0.25) is 0 Å². The van der Waals surface area contributed by atoms with Gasteiger partial charge in [0.15, 0.2) is 11.5 Å². The van der Waals surface area contributed by atoms with E-state index < -0.39 is 5.97 Å². The molecule has 2 aromatic rings. The number of aryl methyl sites for hydroxylation is 1. The number of ether oxygens (including phenoxy) is 2. The van der Waals surface area contributed by atoms with E-state index in [1.54, 1.807) is 25.6 Å². The molecule has 140 valence electrons. The van der Waals surface area contributed by atoms with E-state index in [0.29, 0.717) is 18.0 Å². The number of carboxylic acids is 1. The van der Waals surface area contributed by atoms with E-state index in [4.69, 9.17) is 9.47 Å². The molecule has 1 fully saturated rings. The first-order chi connectivity index (χ1) is 12.5. The van der Waals surface area contributed by atoms with Gasteiger partial charge in [0.2, 0.25) is 0 Å². The second-order valence-corrected chi connectivity index (χ2v) is 7.63. The average Bonchev–Trinajstić information content (AvgIpc) is 3.07. The number of nitrogens with zero attached hydrogens (tertiary/aromatic N) is 1. The largest absolute Gasteiger partial charge is 0.493 e. The summed E-state index contributed by atoms with van der Waals surface area (Å²) in [6.07, 6.45) is 1.61. The zero-order valence-corrected chi connectivity index (χ0v) is 16.2. The van der Waals surface area contributed by atoms with Gasteiger partial charge in [-0.3, -0.25) is 9.69 Å². The molecule has 0 amide bonds. The Hall–Kier alpha value is -2.05. The minimum atomic E-state index is -0.714. The Morgan fingerprint density at radius 1 is 1.35 bits per heavy atom. The van der Waals surface area contributed by atoms with E-state index in [9.17, 15) is 9.90 Å². The molecule has 0 spiro atoms. The number of piperidine rings is 1. The summed E-state index contributed by atoms with van der Waals surface area (Å²) in [7, 11) is 3.28. The van der Waals surface area contributed by atoms with Crippen molar-refractivity contribution in [2.24, 2.45) is 5.92 Å². The number of para-hydroxylation sites is 1. The number of hydrogen-bond acceptors (Lipinski definition) is 5. The molecule has 0 radical (unpaired) electrons. The number of likely N-dealkylation sites (tertiary alicyclic amines) is 1. The van der Waals surface area contributed by atoms with Crippen LogP contribution in [0.4, 0.5) is 0 Å². The van der Waals surface area contributed by atoms with Crippen LogP contribution in [0, 0.1) is 12.8 Å². The van der Waals surface area contributed by atoms with E-state index in [0.717, 1.165) is 24.9 Å². The second kappa shape index (κ2) is 8.10. The molecule has 1 aromatic carbocycles. The molecule has 1 aromatic heterocycles. The molecule has 1 aliphatic rings. The van der Waals surface area contributed by atoms with Crippen molar-refractivity contribution in [1.29, 1.82) is 0 Å². The van der Waals surface area contributed by atoms with Crippen LogP contribution in [0.15, 0.2) is 29.6 Å². The topological polar surface area (TPSA) is 59.0 Å². The number of aliphatic carboxylic acids is 1. The number of rotatable bonds is 6. The lowest BCUT2D eigenvalue weighted by Crippen LogP contribution is -2.41. The molecular weight excluding hydrogens is 350 g/mol. The van der Waals surface area contributed by atoms with Gasteiger partial charge in [0, 0.05) is 17.0 Å². The molecule has 1 aliphatic heterocycles. The van der Waals surface area contributed by atoms with Crippen LogP contribution < -0.4 is 9.47 Å². The third-order valence-corrected chi connectivity index (χ3v) is 6.02. The van der Waals surface area contributed by atoms with Gasteiger partial charge < -0.3 is 14.6 Å². The van der Waals surface area contributed by atoms with Crippen LogP contribution in [-0.4, -0.2) is 43.3 Å². The molecule has 5 nitrogen and oxygen atoms in total. The van der Waals surface area contributed by atoms with Crippen LogP contribution in [0.25, 0.3) is 0 Å². The van der Waals surface area contributed by atoms with Crippen molar-refractivity contribution >= 4 is 17.3 Å². The van der Waals surface area contributed by atoms with Gasteiger partial charge in [0.1, 0.15) is 0 Å². The zero-order valence-electron chi connectivity index (χ0n) is 15.4. The highest BCUT2D eigenvalue weighted by molar-refractivity contribution is 7.10. The highest BCUT2D eigenvalue weighted by Crippen LogP contribution is 2.43. The fourth-order valence-electron chi connectivity index (χ4n) is 3.70. The zero-order chi connectivity index (χ0) is 18.7. The van der Waals surface area contributed by atoms with E-state index in [2.05, 4.69) is 23.3 Å². The first-order valence-corrected chi connectivity index (χ1v) is 9.66. The van der Waals surface area contributed by atoms with Crippen molar-refractivity contribution in [2.75, 3.05) is 27.3 Å². The maximum Gasteiger partial charge on any atom is 0.307 e. The molecule has 1 N–H and O–H groups in total. The van der Waals surface area contributed by atoms with Gasteiger partial charge in [-0.15, -0.1) is 11.3 Å². The smallest absolute Gasteiger partial charge is 0.307 e. The predicted octanol–water partition coefficient (Wildman–Crippen LogP) is 3.96. The summed E-state index contributed by atoms with van der Waals surface area (Å²) < 4.78 is 11.2. The first-order valence-electron chi connectivity index (χ1n) is 8.78. The molecule has 2 atom stereocenters. The third kappa shape index (κ3) is 3.71. The molecule has 1 saturated heterocycles. The summed E-state index contributed by atoms with van der Waals surface area (Å²) in [6.45, 7) is 3.49. The van der Waals surface area contributed by atoms with Crippen molar-refractivity contribution in [3.63, 3.8) is 0 Å². The van der Waals surface area contributed by atoms with Crippen LogP contribution in [-0.2, 0) is 4.79 Å². The molecule has 0 aliphatic carbocycles. The van der Waals surface area contributed by atoms with E-state index in [1.165, 1.54) is 10.4 Å². The van der Waals surface area contributed by atoms with Gasteiger partial charge in [-0.2, -0.15) is 0 Å². The number of thiophene rings is 1. The standard InChI is InChI=1S/C20H25NO4S/c1-13-10-17(26-12-13)18(21-9-5-6-14(11-21)20(22)23)15-7-4-8-16(24-2)19(15)25-3/h4,7-8,10,12,14,18H,5-6,9,11H2,1-3H3,(H,22,23). The lowest BCUT2D eigenvalue weighted by atomic mass is 9.93. The summed E-state index contributed by atoms with van der Waals surface area (Å²) in [6, 6.07) is 8.03. The number of carboxylic acid groups (broad SMARTS) is 1. The lowest BCUT2D eigenvalue weighted by molar-refractivity contribution is -0.143. The molecule has 2 unspecified atom stereocenters. The van der Waals surface area contributed by atoms with Gasteiger partial charge in [0.25, 0.3) is 0 Å². The Morgan fingerprint density at radius 3 is 2.77 bits per heavy atom. The summed E-state index contributed by atoms with van der Waals surface area (Å²) in [5.41, 5.74) is 2.23. The van der Waals surface area contributed by atoms with E-state index in [1.807, 2.05) is 18.2 Å². The predicted molar refractivity (Wildman–Crippen MR) is 102 cm³/mol.